The van der Waals surface area contributed by atoms with Gasteiger partial charge >= 0.3 is 12.6 Å². The second-order valence-electron chi connectivity index (χ2n) is 2.74. The molecule has 0 N–H and O–H groups in total. The third-order valence-corrected chi connectivity index (χ3v) is 1.66. The summed E-state index contributed by atoms with van der Waals surface area (Å²) >= 11 is 0. The van der Waals surface area contributed by atoms with Gasteiger partial charge in [-0.3, -0.25) is 0 Å². The van der Waals surface area contributed by atoms with E-state index in [0.717, 1.165) is 18.2 Å². The van der Waals surface area contributed by atoms with E-state index in [1.807, 2.05) is 0 Å². The van der Waals surface area contributed by atoms with E-state index in [1.165, 1.54) is 0 Å². The summed E-state index contributed by atoms with van der Waals surface area (Å²) in [5.41, 5.74) is -0.0547. The van der Waals surface area contributed by atoms with E-state index in [1.54, 1.807) is 6.92 Å². The number of benzene rings is 1. The first-order valence-electron chi connectivity index (χ1n) is 4.46. The minimum absolute atomic E-state index is 0.0547. The molecular weight excluding hydrogens is 225 g/mol. The van der Waals surface area contributed by atoms with Crippen molar-refractivity contribution >= 4 is 5.97 Å². The summed E-state index contributed by atoms with van der Waals surface area (Å²) in [5.74, 6) is -2.36. The van der Waals surface area contributed by atoms with Crippen LogP contribution in [0.1, 0.15) is 17.3 Å². The van der Waals surface area contributed by atoms with Crippen molar-refractivity contribution in [2.75, 3.05) is 6.61 Å². The maximum absolute atomic E-state index is 13.1. The van der Waals surface area contributed by atoms with E-state index in [0.29, 0.717) is 0 Å². The third kappa shape index (κ3) is 3.15. The topological polar surface area (TPSA) is 35.5 Å². The molecule has 0 saturated carbocycles. The maximum atomic E-state index is 13.1. The number of hydrogen-bond acceptors (Lipinski definition) is 3. The van der Waals surface area contributed by atoms with Gasteiger partial charge in [-0.2, -0.15) is 8.78 Å². The molecule has 0 fully saturated rings. The zero-order chi connectivity index (χ0) is 12.1. The molecule has 0 spiro atoms. The lowest BCUT2D eigenvalue weighted by atomic mass is 10.2. The Labute approximate surface area is 89.8 Å². The quantitative estimate of drug-likeness (QED) is 0.751. The molecule has 0 heterocycles. The van der Waals surface area contributed by atoms with Crippen LogP contribution in [-0.4, -0.2) is 19.2 Å². The lowest BCUT2D eigenvalue weighted by Gasteiger charge is -2.07. The monoisotopic (exact) mass is 234 g/mol. The molecule has 0 aromatic heterocycles. The van der Waals surface area contributed by atoms with Crippen LogP contribution < -0.4 is 4.74 Å². The molecule has 0 atom stereocenters. The summed E-state index contributed by atoms with van der Waals surface area (Å²) in [6.45, 7) is -1.36. The van der Waals surface area contributed by atoms with Gasteiger partial charge in [0, 0.05) is 0 Å². The largest absolute Gasteiger partial charge is 0.462 e. The van der Waals surface area contributed by atoms with Crippen molar-refractivity contribution < 1.29 is 27.4 Å². The predicted molar refractivity (Wildman–Crippen MR) is 49.0 cm³/mol. The van der Waals surface area contributed by atoms with Gasteiger partial charge in [0.1, 0.15) is 0 Å². The normalized spacial score (nSPS) is 10.3. The predicted octanol–water partition coefficient (Wildman–Crippen LogP) is 2.60. The number of carbonyl (C=O) groups is 1. The molecule has 0 aliphatic carbocycles. The van der Waals surface area contributed by atoms with E-state index in [-0.39, 0.29) is 12.2 Å². The first-order chi connectivity index (χ1) is 7.54. The molecule has 1 aromatic carbocycles. The number of ether oxygens (including phenoxy) is 2. The van der Waals surface area contributed by atoms with Gasteiger partial charge in [0.25, 0.3) is 0 Å². The van der Waals surface area contributed by atoms with E-state index >= 15 is 0 Å². The summed E-state index contributed by atoms with van der Waals surface area (Å²) in [6, 6.07) is 2.89. The lowest BCUT2D eigenvalue weighted by molar-refractivity contribution is -0.0521. The second-order valence-corrected chi connectivity index (χ2v) is 2.74. The zero-order valence-corrected chi connectivity index (χ0v) is 8.38. The van der Waals surface area contributed by atoms with Gasteiger partial charge in [-0.05, 0) is 25.1 Å². The molecule has 0 saturated heterocycles. The number of esters is 1. The molecule has 0 aliphatic heterocycles. The summed E-state index contributed by atoms with van der Waals surface area (Å²) in [4.78, 5) is 11.2. The molecule has 1 rings (SSSR count). The van der Waals surface area contributed by atoms with Crippen molar-refractivity contribution in [3.8, 4) is 5.75 Å². The van der Waals surface area contributed by atoms with Gasteiger partial charge < -0.3 is 9.47 Å². The van der Waals surface area contributed by atoms with Crippen LogP contribution in [-0.2, 0) is 4.74 Å². The van der Waals surface area contributed by atoms with Gasteiger partial charge in [0.05, 0.1) is 12.2 Å². The van der Waals surface area contributed by atoms with Crippen molar-refractivity contribution in [3.05, 3.63) is 29.6 Å². The molecule has 6 heteroatoms. The molecule has 0 bridgehead atoms. The zero-order valence-electron chi connectivity index (χ0n) is 8.38. The molecule has 0 amide bonds. The SMILES string of the molecule is CCOC(=O)c1ccc(OC(F)F)c(F)c1. The van der Waals surface area contributed by atoms with Crippen LogP contribution in [0.4, 0.5) is 13.2 Å². The Bertz CT molecular complexity index is 380. The van der Waals surface area contributed by atoms with Gasteiger partial charge in [0.2, 0.25) is 0 Å². The van der Waals surface area contributed by atoms with E-state index < -0.39 is 24.1 Å². The van der Waals surface area contributed by atoms with Crippen LogP contribution in [0.25, 0.3) is 0 Å². The number of carbonyl (C=O) groups excluding carboxylic acids is 1. The van der Waals surface area contributed by atoms with Crippen molar-refractivity contribution in [2.45, 2.75) is 13.5 Å². The first kappa shape index (κ1) is 12.4. The van der Waals surface area contributed by atoms with Crippen molar-refractivity contribution in [3.63, 3.8) is 0 Å². The highest BCUT2D eigenvalue weighted by Gasteiger charge is 2.13. The van der Waals surface area contributed by atoms with E-state index in [9.17, 15) is 18.0 Å². The van der Waals surface area contributed by atoms with Crippen LogP contribution in [0.2, 0.25) is 0 Å². The Morgan fingerprint density at radius 3 is 2.62 bits per heavy atom. The van der Waals surface area contributed by atoms with Gasteiger partial charge in [-0.15, -0.1) is 0 Å². The van der Waals surface area contributed by atoms with Crippen molar-refractivity contribution in [2.24, 2.45) is 0 Å². The van der Waals surface area contributed by atoms with Crippen molar-refractivity contribution in [1.29, 1.82) is 0 Å². The molecule has 0 radical (unpaired) electrons. The van der Waals surface area contributed by atoms with Crippen LogP contribution in [0, 0.1) is 5.82 Å². The van der Waals surface area contributed by atoms with Crippen LogP contribution >= 0.6 is 0 Å². The highest BCUT2D eigenvalue weighted by atomic mass is 19.3. The summed E-state index contributed by atoms with van der Waals surface area (Å²) in [7, 11) is 0. The number of hydrogen-bond donors (Lipinski definition) is 0. The molecule has 88 valence electrons. The average molecular weight is 234 g/mol. The summed E-state index contributed by atoms with van der Waals surface area (Å²) in [5, 5.41) is 0. The number of alkyl halides is 2. The highest BCUT2D eigenvalue weighted by Crippen LogP contribution is 2.20. The highest BCUT2D eigenvalue weighted by molar-refractivity contribution is 5.89. The minimum atomic E-state index is -3.11. The Kier molecular flexibility index (Phi) is 4.16. The standard InChI is InChI=1S/C10H9F3O3/c1-2-15-9(14)6-3-4-8(7(11)5-6)16-10(12)13/h3-5,10H,2H2,1H3. The van der Waals surface area contributed by atoms with Crippen LogP contribution in [0.15, 0.2) is 18.2 Å². The fourth-order valence-corrected chi connectivity index (χ4v) is 1.03. The van der Waals surface area contributed by atoms with E-state index in [2.05, 4.69) is 9.47 Å². The van der Waals surface area contributed by atoms with E-state index in [4.69, 9.17) is 0 Å². The Hall–Kier alpha value is -1.72. The second kappa shape index (κ2) is 5.39. The van der Waals surface area contributed by atoms with Gasteiger partial charge in [-0.25, -0.2) is 9.18 Å². The van der Waals surface area contributed by atoms with Crippen molar-refractivity contribution in [1.82, 2.24) is 0 Å². The Balaban J connectivity index is 2.86. The summed E-state index contributed by atoms with van der Waals surface area (Å²) in [6.07, 6.45) is 0. The molecule has 3 nitrogen and oxygen atoms in total. The average Bonchev–Trinajstić information content (AvgIpc) is 2.20. The number of halogens is 3. The minimum Gasteiger partial charge on any atom is -0.462 e. The Morgan fingerprint density at radius 2 is 2.12 bits per heavy atom. The van der Waals surface area contributed by atoms with Crippen LogP contribution in [0.5, 0.6) is 5.75 Å². The summed E-state index contributed by atoms with van der Waals surface area (Å²) < 4.78 is 45.2. The fraction of sp³-hybridized carbons (Fsp3) is 0.300. The third-order valence-electron chi connectivity index (χ3n) is 1.66. The van der Waals surface area contributed by atoms with Gasteiger partial charge in [-0.1, -0.05) is 0 Å². The lowest BCUT2D eigenvalue weighted by Crippen LogP contribution is -2.07. The molecule has 1 aromatic rings. The molecule has 0 unspecified atom stereocenters. The van der Waals surface area contributed by atoms with Gasteiger partial charge in [0.15, 0.2) is 11.6 Å². The molecule has 0 aliphatic rings. The first-order valence-corrected chi connectivity index (χ1v) is 4.46. The Morgan fingerprint density at radius 1 is 1.44 bits per heavy atom. The molecular formula is C10H9F3O3. The van der Waals surface area contributed by atoms with Crippen LogP contribution in [0.3, 0.4) is 0 Å². The fourth-order valence-electron chi connectivity index (χ4n) is 1.03. The maximum Gasteiger partial charge on any atom is 0.387 e. The number of rotatable bonds is 4. The molecule has 16 heavy (non-hydrogen) atoms. The smallest absolute Gasteiger partial charge is 0.387 e.